The molecule has 10 heteroatoms. The van der Waals surface area contributed by atoms with Gasteiger partial charge in [0.1, 0.15) is 0 Å². The molecule has 1 aromatic rings. The van der Waals surface area contributed by atoms with Crippen molar-refractivity contribution in [1.29, 1.82) is 0 Å². The molecule has 2 saturated heterocycles. The molecule has 1 unspecified atom stereocenters. The van der Waals surface area contributed by atoms with Gasteiger partial charge in [0.25, 0.3) is 0 Å². The lowest BCUT2D eigenvalue weighted by Crippen LogP contribution is -2.78. The SMILES string of the molecule is CC(C)(C)[Si]1=[Si]2[Si]1(C(C)(C)C)[Si]21C([Si](C)(C)C)([Si](C)(C)C)CCC1([Si](C)(C)C)[Si](C)(C)C.CN(C)c1ccncc1. The summed E-state index contributed by atoms with van der Waals surface area (Å²) < 4.78 is 1.86. The molecule has 2 fully saturated rings. The molecule has 1 spiro atoms. The zero-order valence-corrected chi connectivity index (χ0v) is 39.1. The van der Waals surface area contributed by atoms with Crippen LogP contribution in [0.4, 0.5) is 5.69 Å². The third kappa shape index (κ3) is 4.55. The number of hydrogen-bond donors (Lipinski definition) is 0. The molecular weight excluding hydrogens is 625 g/mol. The lowest BCUT2D eigenvalue weighted by molar-refractivity contribution is 0.736. The number of nitrogens with zero attached hydrogens (tertiary/aromatic N) is 2. The summed E-state index contributed by atoms with van der Waals surface area (Å²) in [5.74, 6) is 0. The van der Waals surface area contributed by atoms with Crippen molar-refractivity contribution < 1.29 is 0 Å². The predicted molar refractivity (Wildman–Crippen MR) is 209 cm³/mol. The molecule has 1 aromatic heterocycles. The molecule has 0 amide bonds. The first-order valence-corrected chi connectivity index (χ1v) is 42.3. The van der Waals surface area contributed by atoms with Crippen LogP contribution < -0.4 is 4.90 Å². The van der Waals surface area contributed by atoms with Crippen LogP contribution in [0.1, 0.15) is 54.4 Å². The summed E-state index contributed by atoms with van der Waals surface area (Å²) in [5, 5.41) is 1.36. The fourth-order valence-electron chi connectivity index (χ4n) is 12.1. The minimum absolute atomic E-state index is 0.0346. The highest BCUT2D eigenvalue weighted by Crippen LogP contribution is 2.89. The molecule has 0 aliphatic carbocycles. The standard InChI is InChI=1S/C24H58Si8.C7H10N2/c1-21(2,3)25-26-31(32(25,26)22(4,5)6)23(27(7,8)9,28(10,11)12)19-20-24(31,29(13,14)15)30(16,17)18;1-9(2)7-3-5-8-6-4-7/h19-20H2,1-18H3;3-6H,1-2H3. The minimum atomic E-state index is -1.32. The first-order valence-electron chi connectivity index (χ1n) is 16.3. The Morgan fingerprint density at radius 3 is 1.22 bits per heavy atom. The largest absolute Gasteiger partial charge is 0.378 e. The van der Waals surface area contributed by atoms with Gasteiger partial charge in [0, 0.05) is 64.5 Å². The maximum Gasteiger partial charge on any atom is 0.0625 e. The fraction of sp³-hybridized carbons (Fsp3) is 0.839. The van der Waals surface area contributed by atoms with E-state index >= 15 is 0 Å². The number of pyridine rings is 1. The topological polar surface area (TPSA) is 16.1 Å². The molecule has 2 nitrogen and oxygen atoms in total. The van der Waals surface area contributed by atoms with Gasteiger partial charge in [-0.1, -0.05) is 133 Å². The smallest absolute Gasteiger partial charge is 0.0625 e. The second-order valence-electron chi connectivity index (χ2n) is 20.2. The van der Waals surface area contributed by atoms with Crippen molar-refractivity contribution in [2.45, 2.75) is 152 Å². The Morgan fingerprint density at radius 2 is 1.02 bits per heavy atom. The summed E-state index contributed by atoms with van der Waals surface area (Å²) in [7, 11) is -2.62. The van der Waals surface area contributed by atoms with Crippen LogP contribution in [0.3, 0.4) is 0 Å². The lowest BCUT2D eigenvalue weighted by Gasteiger charge is -2.66. The molecule has 0 bridgehead atoms. The van der Waals surface area contributed by atoms with E-state index in [0.29, 0.717) is 10.1 Å². The minimum Gasteiger partial charge on any atom is -0.378 e. The van der Waals surface area contributed by atoms with Crippen LogP contribution in [0.15, 0.2) is 24.5 Å². The molecule has 0 aromatic carbocycles. The maximum atomic E-state index is 3.90. The number of hydrogen-bond acceptors (Lipinski definition) is 2. The normalized spacial score (nSPS) is 25.0. The Kier molecular flexibility index (Phi) is 8.90. The molecular formula is C31H68N2Si8. The Labute approximate surface area is 264 Å². The van der Waals surface area contributed by atoms with Gasteiger partial charge in [0.15, 0.2) is 0 Å². The number of aromatic nitrogens is 1. The van der Waals surface area contributed by atoms with Crippen LogP contribution in [-0.4, -0.2) is 79.4 Å². The van der Waals surface area contributed by atoms with Gasteiger partial charge in [-0.05, 0) is 45.1 Å². The van der Waals surface area contributed by atoms with Gasteiger partial charge in [-0.2, -0.15) is 0 Å². The van der Waals surface area contributed by atoms with Gasteiger partial charge in [-0.15, -0.1) is 0 Å². The number of fused-ring (bicyclic) bond motifs is 3. The summed E-state index contributed by atoms with van der Waals surface area (Å²) in [6.45, 7) is 50.0. The summed E-state index contributed by atoms with van der Waals surface area (Å²) in [6.07, 6.45) is 6.99. The van der Waals surface area contributed by atoms with E-state index in [-0.39, 0.29) is 14.3 Å². The van der Waals surface area contributed by atoms with Gasteiger partial charge in [-0.25, -0.2) is 0 Å². The molecule has 1 atom stereocenters. The van der Waals surface area contributed by atoms with Crippen LogP contribution in [0, 0.1) is 0 Å². The summed E-state index contributed by atoms with van der Waals surface area (Å²) in [5.41, 5.74) is 1.19. The summed E-state index contributed by atoms with van der Waals surface area (Å²) >= 11 is 0. The van der Waals surface area contributed by atoms with Gasteiger partial charge < -0.3 is 4.90 Å². The average molecular weight is 694 g/mol. The third-order valence-electron chi connectivity index (χ3n) is 12.1. The molecule has 3 aliphatic heterocycles. The van der Waals surface area contributed by atoms with E-state index in [1.165, 1.54) is 5.69 Å². The van der Waals surface area contributed by atoms with E-state index in [1.54, 1.807) is 25.2 Å². The van der Waals surface area contributed by atoms with E-state index in [2.05, 4.69) is 125 Å². The molecule has 4 rings (SSSR count). The summed E-state index contributed by atoms with van der Waals surface area (Å²) in [4.78, 5) is 5.94. The molecule has 0 saturated carbocycles. The lowest BCUT2D eigenvalue weighted by atomic mass is 10.2. The first kappa shape index (κ1) is 36.2. The zero-order valence-electron chi connectivity index (χ0n) is 31.1. The van der Waals surface area contributed by atoms with Crippen LogP contribution in [0.25, 0.3) is 0 Å². The quantitative estimate of drug-likeness (QED) is 0.286. The molecule has 0 radical (unpaired) electrons. The van der Waals surface area contributed by atoms with E-state index in [9.17, 15) is 0 Å². The van der Waals surface area contributed by atoms with Crippen molar-refractivity contribution in [1.82, 2.24) is 4.98 Å². The Morgan fingerprint density at radius 1 is 0.683 bits per heavy atom. The molecule has 0 N–H and O–H groups in total. The highest BCUT2D eigenvalue weighted by Gasteiger charge is 3.04. The van der Waals surface area contributed by atoms with Crippen LogP contribution >= 0.6 is 0 Å². The van der Waals surface area contributed by atoms with Crippen LogP contribution in [0.2, 0.25) is 97.2 Å². The van der Waals surface area contributed by atoms with Crippen molar-refractivity contribution >= 4 is 66.1 Å². The van der Waals surface area contributed by atoms with E-state index < -0.39 is 46.0 Å². The Bertz CT molecular complexity index is 1110. The first-order chi connectivity index (χ1) is 18.0. The molecule has 234 valence electrons. The molecule has 4 heterocycles. The Balaban J connectivity index is 0.000000436. The van der Waals surface area contributed by atoms with Gasteiger partial charge >= 0.3 is 0 Å². The van der Waals surface area contributed by atoms with Crippen molar-refractivity contribution in [3.8, 4) is 0 Å². The van der Waals surface area contributed by atoms with Gasteiger partial charge in [0.2, 0.25) is 0 Å². The summed E-state index contributed by atoms with van der Waals surface area (Å²) in [6, 6.07) is 3.94. The highest BCUT2D eigenvalue weighted by molar-refractivity contribution is 8.38. The average Bonchev–Trinajstić information content (AvgIpc) is 3.54. The second-order valence-corrected chi connectivity index (χ2v) is 84.5. The molecule has 41 heavy (non-hydrogen) atoms. The van der Waals surface area contributed by atoms with Crippen LogP contribution in [0.5, 0.6) is 0 Å². The van der Waals surface area contributed by atoms with Crippen molar-refractivity contribution in [2.24, 2.45) is 0 Å². The Hall–Kier alpha value is 0.685. The van der Waals surface area contributed by atoms with Crippen LogP contribution in [-0.2, 0) is 0 Å². The van der Waals surface area contributed by atoms with Crippen molar-refractivity contribution in [3.05, 3.63) is 24.5 Å². The fourth-order valence-corrected chi connectivity index (χ4v) is 272. The van der Waals surface area contributed by atoms with E-state index in [4.69, 9.17) is 0 Å². The van der Waals surface area contributed by atoms with Gasteiger partial charge in [-0.3, -0.25) is 4.98 Å². The third-order valence-corrected chi connectivity index (χ3v) is 139. The second kappa shape index (κ2) is 10.1. The van der Waals surface area contributed by atoms with Crippen molar-refractivity contribution in [2.75, 3.05) is 19.0 Å². The predicted octanol–water partition coefficient (Wildman–Crippen LogP) is 9.82. The van der Waals surface area contributed by atoms with E-state index in [0.717, 1.165) is 8.57 Å². The number of anilines is 1. The monoisotopic (exact) mass is 692 g/mol. The van der Waals surface area contributed by atoms with Crippen molar-refractivity contribution in [3.63, 3.8) is 0 Å². The van der Waals surface area contributed by atoms with Gasteiger partial charge in [0.05, 0.1) is 13.7 Å². The van der Waals surface area contributed by atoms with E-state index in [1.807, 2.05) is 31.1 Å². The number of rotatable bonds is 5. The maximum absolute atomic E-state index is 3.90. The zero-order chi connectivity index (χ0) is 32.3. The molecule has 3 aliphatic rings. The highest BCUT2D eigenvalue weighted by atomic mass is 30.6.